The van der Waals surface area contributed by atoms with E-state index in [1.807, 2.05) is 32.9 Å². The molecule has 0 spiro atoms. The largest absolute Gasteiger partial charge is 0.348 e. The van der Waals surface area contributed by atoms with Crippen molar-refractivity contribution in [1.29, 1.82) is 0 Å². The molecule has 0 aliphatic heterocycles. The number of benzene rings is 2. The number of hydrogen-bond donors (Lipinski definition) is 1. The third-order valence-electron chi connectivity index (χ3n) is 4.43. The molecule has 5 nitrogen and oxygen atoms in total. The number of sulfonamides is 1. The van der Waals surface area contributed by atoms with Crippen LogP contribution in [0.25, 0.3) is 0 Å². The predicted octanol–water partition coefficient (Wildman–Crippen LogP) is 3.84. The van der Waals surface area contributed by atoms with Crippen molar-refractivity contribution >= 4 is 27.5 Å². The highest BCUT2D eigenvalue weighted by molar-refractivity contribution is 7.89. The Hall–Kier alpha value is -1.89. The predicted molar refractivity (Wildman–Crippen MR) is 108 cm³/mol. The quantitative estimate of drug-likeness (QED) is 0.756. The molecule has 1 N–H and O–H groups in total. The second kappa shape index (κ2) is 8.87. The molecule has 0 fully saturated rings. The van der Waals surface area contributed by atoms with E-state index in [2.05, 4.69) is 11.4 Å². The van der Waals surface area contributed by atoms with Gasteiger partial charge < -0.3 is 5.32 Å². The average molecular weight is 409 g/mol. The van der Waals surface area contributed by atoms with Gasteiger partial charge in [-0.3, -0.25) is 4.79 Å². The molecule has 2 aromatic rings. The molecule has 146 valence electrons. The normalized spacial score (nSPS) is 12.8. The van der Waals surface area contributed by atoms with Crippen LogP contribution in [0.3, 0.4) is 0 Å². The molecule has 0 saturated carbocycles. The first-order valence-electron chi connectivity index (χ1n) is 8.73. The minimum Gasteiger partial charge on any atom is -0.348 e. The van der Waals surface area contributed by atoms with Gasteiger partial charge in [0.25, 0.3) is 0 Å². The Morgan fingerprint density at radius 1 is 1.15 bits per heavy atom. The molecule has 2 rings (SSSR count). The summed E-state index contributed by atoms with van der Waals surface area (Å²) in [6.45, 7) is 5.76. The molecule has 0 aliphatic rings. The number of hydrogen-bond acceptors (Lipinski definition) is 3. The van der Waals surface area contributed by atoms with Gasteiger partial charge in [0.1, 0.15) is 0 Å². The first-order valence-corrected chi connectivity index (χ1v) is 10.6. The Morgan fingerprint density at radius 3 is 2.33 bits per heavy atom. The standard InChI is InChI=1S/C20H25ClN2O3S/c1-5-19(18-11-6-14(2)12-15(18)3)22-20(24)13-23(4)27(25,26)17-9-7-16(21)8-10-17/h6-12,19H,5,13H2,1-4H3,(H,22,24)/t19-/m1/s1. The lowest BCUT2D eigenvalue weighted by molar-refractivity contribution is -0.121. The van der Waals surface area contributed by atoms with Gasteiger partial charge in [-0.1, -0.05) is 42.3 Å². The number of carbonyl (C=O) groups is 1. The number of nitrogens with one attached hydrogen (secondary N) is 1. The van der Waals surface area contributed by atoms with Crippen molar-refractivity contribution in [3.63, 3.8) is 0 Å². The van der Waals surface area contributed by atoms with E-state index >= 15 is 0 Å². The average Bonchev–Trinajstić information content (AvgIpc) is 2.60. The zero-order valence-electron chi connectivity index (χ0n) is 16.0. The molecule has 0 aliphatic carbocycles. The molecular weight excluding hydrogens is 384 g/mol. The number of halogens is 1. The Labute approximate surface area is 166 Å². The van der Waals surface area contributed by atoms with Crippen molar-refractivity contribution in [1.82, 2.24) is 9.62 Å². The minimum absolute atomic E-state index is 0.101. The fourth-order valence-electron chi connectivity index (χ4n) is 2.93. The van der Waals surface area contributed by atoms with Crippen molar-refractivity contribution in [3.8, 4) is 0 Å². The van der Waals surface area contributed by atoms with Gasteiger partial charge in [-0.05, 0) is 55.7 Å². The van der Waals surface area contributed by atoms with Crippen LogP contribution in [0.15, 0.2) is 47.4 Å². The topological polar surface area (TPSA) is 66.5 Å². The van der Waals surface area contributed by atoms with Gasteiger partial charge in [0.2, 0.25) is 15.9 Å². The van der Waals surface area contributed by atoms with Gasteiger partial charge in [-0.2, -0.15) is 4.31 Å². The lowest BCUT2D eigenvalue weighted by atomic mass is 9.97. The maximum atomic E-state index is 12.6. The first kappa shape index (κ1) is 21.4. The summed E-state index contributed by atoms with van der Waals surface area (Å²) in [6, 6.07) is 11.8. The number of amides is 1. The van der Waals surface area contributed by atoms with Crippen molar-refractivity contribution in [2.75, 3.05) is 13.6 Å². The van der Waals surface area contributed by atoms with Gasteiger partial charge in [0.15, 0.2) is 0 Å². The monoisotopic (exact) mass is 408 g/mol. The molecule has 0 radical (unpaired) electrons. The van der Waals surface area contributed by atoms with Gasteiger partial charge in [-0.15, -0.1) is 0 Å². The van der Waals surface area contributed by atoms with E-state index < -0.39 is 10.0 Å². The minimum atomic E-state index is -3.76. The summed E-state index contributed by atoms with van der Waals surface area (Å²) in [4.78, 5) is 12.6. The highest BCUT2D eigenvalue weighted by Crippen LogP contribution is 2.22. The summed E-state index contributed by atoms with van der Waals surface area (Å²) in [5, 5.41) is 3.39. The summed E-state index contributed by atoms with van der Waals surface area (Å²) in [6.07, 6.45) is 0.712. The lowest BCUT2D eigenvalue weighted by Crippen LogP contribution is -2.39. The number of likely N-dealkylation sites (N-methyl/N-ethyl adjacent to an activating group) is 1. The number of rotatable bonds is 7. The van der Waals surface area contributed by atoms with Gasteiger partial charge in [0.05, 0.1) is 17.5 Å². The van der Waals surface area contributed by atoms with Crippen LogP contribution in [-0.4, -0.2) is 32.2 Å². The fourth-order valence-corrected chi connectivity index (χ4v) is 4.18. The van der Waals surface area contributed by atoms with Gasteiger partial charge >= 0.3 is 0 Å². The summed E-state index contributed by atoms with van der Waals surface area (Å²) in [7, 11) is -2.37. The molecule has 27 heavy (non-hydrogen) atoms. The summed E-state index contributed by atoms with van der Waals surface area (Å²) >= 11 is 5.81. The van der Waals surface area contributed by atoms with Crippen LogP contribution in [0.4, 0.5) is 0 Å². The molecule has 0 unspecified atom stereocenters. The van der Waals surface area contributed by atoms with Crippen LogP contribution in [-0.2, 0) is 14.8 Å². The Balaban J connectivity index is 2.10. The van der Waals surface area contributed by atoms with E-state index in [1.54, 1.807) is 0 Å². The second-order valence-electron chi connectivity index (χ2n) is 6.60. The van der Waals surface area contributed by atoms with Gasteiger partial charge in [-0.25, -0.2) is 8.42 Å². The third kappa shape index (κ3) is 5.31. The molecule has 0 bridgehead atoms. The van der Waals surface area contributed by atoms with Crippen molar-refractivity contribution < 1.29 is 13.2 Å². The van der Waals surface area contributed by atoms with Crippen LogP contribution in [0.5, 0.6) is 0 Å². The first-order chi connectivity index (χ1) is 12.6. The van der Waals surface area contributed by atoms with Crippen molar-refractivity contribution in [2.24, 2.45) is 0 Å². The fraction of sp³-hybridized carbons (Fsp3) is 0.350. The van der Waals surface area contributed by atoms with E-state index in [4.69, 9.17) is 11.6 Å². The molecule has 7 heteroatoms. The van der Waals surface area contributed by atoms with E-state index in [0.29, 0.717) is 11.4 Å². The van der Waals surface area contributed by atoms with Gasteiger partial charge in [0, 0.05) is 12.1 Å². The maximum absolute atomic E-state index is 12.6. The third-order valence-corrected chi connectivity index (χ3v) is 6.50. The number of nitrogens with zero attached hydrogens (tertiary/aromatic N) is 1. The summed E-state index contributed by atoms with van der Waals surface area (Å²) < 4.78 is 26.2. The molecule has 1 amide bonds. The Morgan fingerprint density at radius 2 is 1.78 bits per heavy atom. The van der Waals surface area contributed by atoms with E-state index in [-0.39, 0.29) is 23.4 Å². The zero-order valence-corrected chi connectivity index (χ0v) is 17.6. The molecular formula is C20H25ClN2O3S. The SMILES string of the molecule is CC[C@@H](NC(=O)CN(C)S(=O)(=O)c1ccc(Cl)cc1)c1ccc(C)cc1C. The smallest absolute Gasteiger partial charge is 0.243 e. The van der Waals surface area contributed by atoms with Crippen molar-refractivity contribution in [3.05, 3.63) is 64.2 Å². The summed E-state index contributed by atoms with van der Waals surface area (Å²) in [5.74, 6) is -0.345. The lowest BCUT2D eigenvalue weighted by Gasteiger charge is -2.22. The number of carbonyl (C=O) groups excluding carboxylic acids is 1. The molecule has 1 atom stereocenters. The molecule has 0 saturated heterocycles. The second-order valence-corrected chi connectivity index (χ2v) is 9.08. The van der Waals surface area contributed by atoms with Crippen LogP contribution in [0.1, 0.15) is 36.1 Å². The van der Waals surface area contributed by atoms with Crippen LogP contribution >= 0.6 is 11.6 Å². The zero-order chi connectivity index (χ0) is 20.2. The van der Waals surface area contributed by atoms with E-state index in [9.17, 15) is 13.2 Å². The van der Waals surface area contributed by atoms with E-state index in [0.717, 1.165) is 21.0 Å². The molecule has 2 aromatic carbocycles. The van der Waals surface area contributed by atoms with Crippen LogP contribution in [0, 0.1) is 13.8 Å². The number of aryl methyl sites for hydroxylation is 2. The Bertz CT molecular complexity index is 911. The van der Waals surface area contributed by atoms with Crippen molar-refractivity contribution in [2.45, 2.75) is 38.1 Å². The molecule has 0 aromatic heterocycles. The highest BCUT2D eigenvalue weighted by atomic mass is 35.5. The Kier molecular flexibility index (Phi) is 7.03. The van der Waals surface area contributed by atoms with Crippen LogP contribution < -0.4 is 5.32 Å². The van der Waals surface area contributed by atoms with Crippen LogP contribution in [0.2, 0.25) is 5.02 Å². The maximum Gasteiger partial charge on any atom is 0.243 e. The highest BCUT2D eigenvalue weighted by Gasteiger charge is 2.24. The molecule has 0 heterocycles. The van der Waals surface area contributed by atoms with E-state index in [1.165, 1.54) is 31.3 Å². The summed E-state index contributed by atoms with van der Waals surface area (Å²) in [5.41, 5.74) is 3.30.